The Bertz CT molecular complexity index is 488. The quantitative estimate of drug-likeness (QED) is 0.368. The summed E-state index contributed by atoms with van der Waals surface area (Å²) in [5, 5.41) is 18.1. The predicted octanol–water partition coefficient (Wildman–Crippen LogP) is 1.33. The van der Waals surface area contributed by atoms with Gasteiger partial charge in [0.1, 0.15) is 6.04 Å². The van der Waals surface area contributed by atoms with Crippen molar-refractivity contribution in [2.45, 2.75) is 69.3 Å². The Morgan fingerprint density at radius 2 is 2.12 bits per heavy atom. The van der Waals surface area contributed by atoms with Gasteiger partial charge in [0.05, 0.1) is 12.1 Å². The first-order chi connectivity index (χ1) is 11.4. The van der Waals surface area contributed by atoms with E-state index in [4.69, 9.17) is 0 Å². The van der Waals surface area contributed by atoms with Gasteiger partial charge in [-0.1, -0.05) is 26.7 Å². The number of carbonyl (C=O) groups is 3. The van der Waals surface area contributed by atoms with Gasteiger partial charge in [0.25, 0.3) is 0 Å². The molecule has 0 aromatic rings. The Morgan fingerprint density at radius 3 is 2.79 bits per heavy atom. The van der Waals surface area contributed by atoms with Crippen LogP contribution in [0.5, 0.6) is 0 Å². The average molecular weight is 357 g/mol. The summed E-state index contributed by atoms with van der Waals surface area (Å²) in [6.45, 7) is 3.74. The second kappa shape index (κ2) is 8.60. The zero-order valence-corrected chi connectivity index (χ0v) is 15.0. The Balaban J connectivity index is 1.66. The fraction of sp³-hybridized carbons (Fsp3) is 0.812. The van der Waals surface area contributed by atoms with Gasteiger partial charge in [-0.15, -0.1) is 0 Å². The second-order valence-corrected chi connectivity index (χ2v) is 7.91. The maximum atomic E-state index is 12.0. The van der Waals surface area contributed by atoms with E-state index in [1.54, 1.807) is 0 Å². The molecule has 5 atom stereocenters. The van der Waals surface area contributed by atoms with Crippen molar-refractivity contribution in [3.8, 4) is 0 Å². The number of aliphatic carboxylic acids is 1. The minimum atomic E-state index is -0.976. The number of carbonyl (C=O) groups excluding carboxylic acids is 2. The summed E-state index contributed by atoms with van der Waals surface area (Å²) in [6, 6.07) is -0.478. The summed E-state index contributed by atoms with van der Waals surface area (Å²) < 4.78 is 0. The summed E-state index contributed by atoms with van der Waals surface area (Å²) in [5.41, 5.74) is 0. The molecule has 0 bridgehead atoms. The molecule has 4 N–H and O–H groups in total. The first-order valence-corrected chi connectivity index (χ1v) is 9.68. The summed E-state index contributed by atoms with van der Waals surface area (Å²) in [4.78, 5) is 34.5. The molecule has 2 heterocycles. The highest BCUT2D eigenvalue weighted by Crippen LogP contribution is 2.33. The number of thioether (sulfide) groups is 1. The highest BCUT2D eigenvalue weighted by Gasteiger charge is 2.42. The molecule has 2 fully saturated rings. The van der Waals surface area contributed by atoms with Gasteiger partial charge >= 0.3 is 12.0 Å². The molecule has 0 spiro atoms. The van der Waals surface area contributed by atoms with Crippen molar-refractivity contribution in [3.05, 3.63) is 0 Å². The number of rotatable bonds is 9. The van der Waals surface area contributed by atoms with E-state index in [1.165, 1.54) is 0 Å². The van der Waals surface area contributed by atoms with Crippen molar-refractivity contribution in [3.63, 3.8) is 0 Å². The minimum Gasteiger partial charge on any atom is -0.480 e. The van der Waals surface area contributed by atoms with E-state index >= 15 is 0 Å². The standard InChI is InChI=1S/C16H27N3O4S/c1-3-9(2)13(15(21)22)18-12(20)7-5-4-6-11-14-10(8-24-11)17-16(23)19-14/h9-11,13-14H,3-8H2,1-2H3,(H,18,20)(H,21,22)(H2,17,19,23)/t9-,10-,11-,13-,14-/m0/s1. The van der Waals surface area contributed by atoms with Crippen LogP contribution in [0.4, 0.5) is 4.79 Å². The summed E-state index contributed by atoms with van der Waals surface area (Å²) in [6.07, 6.45) is 3.63. The van der Waals surface area contributed by atoms with E-state index in [1.807, 2.05) is 25.6 Å². The molecule has 2 aliphatic heterocycles. The van der Waals surface area contributed by atoms with E-state index in [9.17, 15) is 19.5 Å². The smallest absolute Gasteiger partial charge is 0.326 e. The van der Waals surface area contributed by atoms with Gasteiger partial charge in [0.15, 0.2) is 0 Å². The maximum Gasteiger partial charge on any atom is 0.326 e. The zero-order valence-electron chi connectivity index (χ0n) is 14.2. The lowest BCUT2D eigenvalue weighted by atomic mass is 9.99. The van der Waals surface area contributed by atoms with Crippen molar-refractivity contribution in [2.75, 3.05) is 5.75 Å². The van der Waals surface area contributed by atoms with Crippen LogP contribution in [0.25, 0.3) is 0 Å². The van der Waals surface area contributed by atoms with E-state index in [0.717, 1.165) is 25.0 Å². The molecule has 0 unspecified atom stereocenters. The number of fused-ring (bicyclic) bond motifs is 1. The molecule has 7 nitrogen and oxygen atoms in total. The van der Waals surface area contributed by atoms with Crippen LogP contribution in [0.3, 0.4) is 0 Å². The summed E-state index contributed by atoms with van der Waals surface area (Å²) >= 11 is 1.86. The molecule has 0 radical (unpaired) electrons. The second-order valence-electron chi connectivity index (χ2n) is 6.64. The largest absolute Gasteiger partial charge is 0.480 e. The normalized spacial score (nSPS) is 27.8. The van der Waals surface area contributed by atoms with E-state index in [0.29, 0.717) is 18.1 Å². The lowest BCUT2D eigenvalue weighted by Crippen LogP contribution is -2.44. The lowest BCUT2D eigenvalue weighted by molar-refractivity contribution is -0.143. The highest BCUT2D eigenvalue weighted by atomic mass is 32.2. The number of amides is 3. The first kappa shape index (κ1) is 18.9. The number of unbranched alkanes of at least 4 members (excludes halogenated alkanes) is 1. The molecule has 136 valence electrons. The van der Waals surface area contributed by atoms with Gasteiger partial charge in [0.2, 0.25) is 5.91 Å². The predicted molar refractivity (Wildman–Crippen MR) is 93.0 cm³/mol. The molecule has 2 rings (SSSR count). The first-order valence-electron chi connectivity index (χ1n) is 8.63. The molecular weight excluding hydrogens is 330 g/mol. The van der Waals surface area contributed by atoms with Gasteiger partial charge in [0, 0.05) is 17.4 Å². The number of urea groups is 1. The number of carboxylic acid groups (broad SMARTS) is 1. The van der Waals surface area contributed by atoms with Crippen molar-refractivity contribution >= 4 is 29.7 Å². The van der Waals surface area contributed by atoms with Gasteiger partial charge < -0.3 is 21.1 Å². The maximum absolute atomic E-state index is 12.0. The van der Waals surface area contributed by atoms with Crippen LogP contribution in [-0.2, 0) is 9.59 Å². The Hall–Kier alpha value is -1.44. The number of hydrogen-bond acceptors (Lipinski definition) is 4. The molecule has 3 amide bonds. The Kier molecular flexibility index (Phi) is 6.77. The molecule has 0 aliphatic carbocycles. The third kappa shape index (κ3) is 4.78. The molecule has 0 aromatic heterocycles. The Labute approximate surface area is 146 Å². The lowest BCUT2D eigenvalue weighted by Gasteiger charge is -2.20. The highest BCUT2D eigenvalue weighted by molar-refractivity contribution is 8.00. The van der Waals surface area contributed by atoms with Gasteiger partial charge in [-0.2, -0.15) is 11.8 Å². The van der Waals surface area contributed by atoms with E-state index in [-0.39, 0.29) is 29.9 Å². The number of carboxylic acids is 1. The molecule has 0 aromatic carbocycles. The molecule has 2 saturated heterocycles. The molecule has 2 aliphatic rings. The van der Waals surface area contributed by atoms with Crippen LogP contribution in [0.15, 0.2) is 0 Å². The molecular formula is C16H27N3O4S. The summed E-state index contributed by atoms with van der Waals surface area (Å²) in [5.74, 6) is -0.327. The van der Waals surface area contributed by atoms with Crippen LogP contribution in [0.1, 0.15) is 46.0 Å². The fourth-order valence-corrected chi connectivity index (χ4v) is 4.75. The molecule has 0 saturated carbocycles. The Morgan fingerprint density at radius 1 is 1.38 bits per heavy atom. The fourth-order valence-electron chi connectivity index (χ4n) is 3.20. The zero-order chi connectivity index (χ0) is 17.7. The van der Waals surface area contributed by atoms with Crippen LogP contribution in [0, 0.1) is 5.92 Å². The molecule has 8 heteroatoms. The number of hydrogen-bond donors (Lipinski definition) is 4. The van der Waals surface area contributed by atoms with Crippen LogP contribution in [-0.4, -0.2) is 52.1 Å². The van der Waals surface area contributed by atoms with Crippen molar-refractivity contribution in [1.82, 2.24) is 16.0 Å². The number of nitrogens with one attached hydrogen (secondary N) is 3. The third-order valence-electron chi connectivity index (χ3n) is 4.88. The topological polar surface area (TPSA) is 108 Å². The van der Waals surface area contributed by atoms with Crippen molar-refractivity contribution < 1.29 is 19.5 Å². The van der Waals surface area contributed by atoms with Crippen molar-refractivity contribution in [1.29, 1.82) is 0 Å². The monoisotopic (exact) mass is 357 g/mol. The van der Waals surface area contributed by atoms with Crippen molar-refractivity contribution in [2.24, 2.45) is 5.92 Å². The minimum absolute atomic E-state index is 0.0839. The van der Waals surface area contributed by atoms with Gasteiger partial charge in [-0.3, -0.25) is 4.79 Å². The van der Waals surface area contributed by atoms with Crippen LogP contribution >= 0.6 is 11.8 Å². The van der Waals surface area contributed by atoms with Crippen LogP contribution < -0.4 is 16.0 Å². The summed E-state index contributed by atoms with van der Waals surface area (Å²) in [7, 11) is 0. The third-order valence-corrected chi connectivity index (χ3v) is 6.38. The van der Waals surface area contributed by atoms with Gasteiger partial charge in [-0.25, -0.2) is 9.59 Å². The van der Waals surface area contributed by atoms with Gasteiger partial charge in [-0.05, 0) is 18.8 Å². The average Bonchev–Trinajstić information content (AvgIpc) is 3.07. The SMILES string of the molecule is CC[C@H](C)[C@H](NC(=O)CCCC[C@@H]1SC[C@@H]2NC(=O)N[C@@H]21)C(=O)O. The van der Waals surface area contributed by atoms with E-state index in [2.05, 4.69) is 16.0 Å². The van der Waals surface area contributed by atoms with E-state index < -0.39 is 12.0 Å². The van der Waals surface area contributed by atoms with Crippen LogP contribution in [0.2, 0.25) is 0 Å². The molecule has 24 heavy (non-hydrogen) atoms.